The molecule has 0 unspecified atom stereocenters. The van der Waals surface area contributed by atoms with Gasteiger partial charge >= 0.3 is 0 Å². The van der Waals surface area contributed by atoms with Crippen LogP contribution in [-0.2, 0) is 27.9 Å². The quantitative estimate of drug-likeness (QED) is 0.898. The average molecular weight is 263 g/mol. The lowest BCUT2D eigenvalue weighted by molar-refractivity contribution is -0.1000. The summed E-state index contributed by atoms with van der Waals surface area (Å²) < 4.78 is 11.2. The summed E-state index contributed by atoms with van der Waals surface area (Å²) >= 11 is 0. The van der Waals surface area contributed by atoms with Crippen molar-refractivity contribution in [3.05, 3.63) is 17.1 Å². The van der Waals surface area contributed by atoms with E-state index in [1.54, 1.807) is 7.11 Å². The van der Waals surface area contributed by atoms with Crippen molar-refractivity contribution in [2.24, 2.45) is 0 Å². The Balaban J connectivity index is 2.04. The van der Waals surface area contributed by atoms with E-state index in [-0.39, 0.29) is 5.60 Å². The number of aryl methyl sites for hydroxylation is 1. The molecule has 19 heavy (non-hydrogen) atoms. The van der Waals surface area contributed by atoms with Crippen molar-refractivity contribution in [2.45, 2.75) is 37.7 Å². The standard InChI is InChI=1S/C14H21N3O2/c1-15-12-10-4-3-5-11(10)16-13(17-12)14(18-2)6-8-19-9-7-14/h3-9H2,1-2H3,(H,15,16,17). The summed E-state index contributed by atoms with van der Waals surface area (Å²) in [5.74, 6) is 1.80. The first kappa shape index (κ1) is 12.8. The highest BCUT2D eigenvalue weighted by atomic mass is 16.5. The van der Waals surface area contributed by atoms with Crippen LogP contribution in [0.5, 0.6) is 0 Å². The molecule has 0 spiro atoms. The third-order valence-corrected chi connectivity index (χ3v) is 4.27. The highest BCUT2D eigenvalue weighted by Crippen LogP contribution is 2.36. The van der Waals surface area contributed by atoms with Crippen LogP contribution in [0.2, 0.25) is 0 Å². The van der Waals surface area contributed by atoms with Gasteiger partial charge in [-0.1, -0.05) is 0 Å². The predicted octanol–water partition coefficient (Wildman–Crippen LogP) is 1.66. The molecular formula is C14H21N3O2. The fraction of sp³-hybridized carbons (Fsp3) is 0.714. The summed E-state index contributed by atoms with van der Waals surface area (Å²) in [6.45, 7) is 1.42. The first-order chi connectivity index (χ1) is 9.29. The van der Waals surface area contributed by atoms with Crippen molar-refractivity contribution in [3.8, 4) is 0 Å². The van der Waals surface area contributed by atoms with E-state index in [1.165, 1.54) is 17.7 Å². The topological polar surface area (TPSA) is 56.3 Å². The largest absolute Gasteiger partial charge is 0.381 e. The molecule has 1 aliphatic heterocycles. The average Bonchev–Trinajstić information content (AvgIpc) is 2.95. The van der Waals surface area contributed by atoms with Crippen LogP contribution in [-0.4, -0.2) is 37.3 Å². The Labute approximate surface area is 113 Å². The molecule has 0 bridgehead atoms. The van der Waals surface area contributed by atoms with E-state index in [0.717, 1.165) is 37.3 Å². The Morgan fingerprint density at radius 2 is 2.00 bits per heavy atom. The van der Waals surface area contributed by atoms with Gasteiger partial charge in [0, 0.05) is 51.5 Å². The van der Waals surface area contributed by atoms with Gasteiger partial charge in [0.05, 0.1) is 0 Å². The van der Waals surface area contributed by atoms with Crippen molar-refractivity contribution in [3.63, 3.8) is 0 Å². The Hall–Kier alpha value is -1.20. The minimum absolute atomic E-state index is 0.374. The zero-order chi connectivity index (χ0) is 13.3. The van der Waals surface area contributed by atoms with Gasteiger partial charge in [0.15, 0.2) is 5.82 Å². The molecule has 5 nitrogen and oxygen atoms in total. The number of rotatable bonds is 3. The summed E-state index contributed by atoms with van der Waals surface area (Å²) in [7, 11) is 3.68. The van der Waals surface area contributed by atoms with E-state index < -0.39 is 0 Å². The molecule has 0 amide bonds. The zero-order valence-corrected chi connectivity index (χ0v) is 11.7. The SMILES string of the molecule is CNc1nc(C2(OC)CCOCC2)nc2c1CCC2. The number of nitrogens with one attached hydrogen (secondary N) is 1. The second-order valence-corrected chi connectivity index (χ2v) is 5.24. The normalized spacial score (nSPS) is 21.2. The lowest BCUT2D eigenvalue weighted by atomic mass is 9.92. The van der Waals surface area contributed by atoms with Crippen molar-refractivity contribution < 1.29 is 9.47 Å². The third kappa shape index (κ3) is 2.11. The fourth-order valence-electron chi connectivity index (χ4n) is 3.06. The third-order valence-electron chi connectivity index (χ3n) is 4.27. The maximum Gasteiger partial charge on any atom is 0.163 e. The predicted molar refractivity (Wildman–Crippen MR) is 72.3 cm³/mol. The molecule has 5 heteroatoms. The molecule has 2 heterocycles. The van der Waals surface area contributed by atoms with E-state index in [9.17, 15) is 0 Å². The second-order valence-electron chi connectivity index (χ2n) is 5.24. The molecule has 104 valence electrons. The molecule has 0 saturated carbocycles. The molecular weight excluding hydrogens is 242 g/mol. The Kier molecular flexibility index (Phi) is 3.41. The summed E-state index contributed by atoms with van der Waals surface area (Å²) in [4.78, 5) is 9.52. The number of aromatic nitrogens is 2. The van der Waals surface area contributed by atoms with Gasteiger partial charge in [-0.05, 0) is 19.3 Å². The lowest BCUT2D eigenvalue weighted by Gasteiger charge is -2.34. The number of methoxy groups -OCH3 is 1. The van der Waals surface area contributed by atoms with Crippen LogP contribution in [0.3, 0.4) is 0 Å². The Morgan fingerprint density at radius 1 is 1.21 bits per heavy atom. The van der Waals surface area contributed by atoms with Gasteiger partial charge < -0.3 is 14.8 Å². The number of hydrogen-bond acceptors (Lipinski definition) is 5. The van der Waals surface area contributed by atoms with Crippen LogP contribution in [0.15, 0.2) is 0 Å². The highest BCUT2D eigenvalue weighted by molar-refractivity contribution is 5.48. The van der Waals surface area contributed by atoms with Crippen LogP contribution in [0.1, 0.15) is 36.3 Å². The maximum atomic E-state index is 5.79. The molecule has 1 saturated heterocycles. The maximum absolute atomic E-state index is 5.79. The highest BCUT2D eigenvalue weighted by Gasteiger charge is 2.38. The smallest absolute Gasteiger partial charge is 0.163 e. The van der Waals surface area contributed by atoms with Crippen molar-refractivity contribution >= 4 is 5.82 Å². The molecule has 1 fully saturated rings. The Morgan fingerprint density at radius 3 is 2.68 bits per heavy atom. The van der Waals surface area contributed by atoms with E-state index in [1.807, 2.05) is 7.05 Å². The molecule has 1 N–H and O–H groups in total. The number of hydrogen-bond donors (Lipinski definition) is 1. The fourth-order valence-corrected chi connectivity index (χ4v) is 3.06. The van der Waals surface area contributed by atoms with Crippen LogP contribution in [0.4, 0.5) is 5.82 Å². The first-order valence-corrected chi connectivity index (χ1v) is 7.00. The summed E-state index contributed by atoms with van der Waals surface area (Å²) in [6, 6.07) is 0. The monoisotopic (exact) mass is 263 g/mol. The van der Waals surface area contributed by atoms with Crippen molar-refractivity contribution in [2.75, 3.05) is 32.7 Å². The lowest BCUT2D eigenvalue weighted by Crippen LogP contribution is -2.37. The number of nitrogens with zero attached hydrogens (tertiary/aromatic N) is 2. The van der Waals surface area contributed by atoms with E-state index in [0.29, 0.717) is 13.2 Å². The summed E-state index contributed by atoms with van der Waals surface area (Å²) in [5, 5.41) is 3.21. The summed E-state index contributed by atoms with van der Waals surface area (Å²) in [5.41, 5.74) is 2.10. The van der Waals surface area contributed by atoms with E-state index in [2.05, 4.69) is 5.32 Å². The molecule has 1 aromatic heterocycles. The van der Waals surface area contributed by atoms with Crippen LogP contribution >= 0.6 is 0 Å². The number of anilines is 1. The molecule has 0 aromatic carbocycles. The Bertz CT molecular complexity index is 470. The molecule has 1 aromatic rings. The van der Waals surface area contributed by atoms with Crippen molar-refractivity contribution in [1.29, 1.82) is 0 Å². The molecule has 3 rings (SSSR count). The van der Waals surface area contributed by atoms with E-state index >= 15 is 0 Å². The van der Waals surface area contributed by atoms with E-state index in [4.69, 9.17) is 19.4 Å². The van der Waals surface area contributed by atoms with Gasteiger partial charge in [0.1, 0.15) is 11.4 Å². The van der Waals surface area contributed by atoms with Crippen LogP contribution < -0.4 is 5.32 Å². The number of ether oxygens (including phenoxy) is 2. The number of fused-ring (bicyclic) bond motifs is 1. The molecule has 1 aliphatic carbocycles. The minimum Gasteiger partial charge on any atom is -0.381 e. The van der Waals surface area contributed by atoms with Gasteiger partial charge in [0.2, 0.25) is 0 Å². The summed E-state index contributed by atoms with van der Waals surface area (Å²) in [6.07, 6.45) is 4.95. The minimum atomic E-state index is -0.374. The van der Waals surface area contributed by atoms with Crippen LogP contribution in [0.25, 0.3) is 0 Å². The molecule has 2 aliphatic rings. The van der Waals surface area contributed by atoms with Gasteiger partial charge in [-0.15, -0.1) is 0 Å². The molecule has 0 atom stereocenters. The van der Waals surface area contributed by atoms with Gasteiger partial charge in [0.25, 0.3) is 0 Å². The second kappa shape index (κ2) is 5.06. The molecule has 0 radical (unpaired) electrons. The first-order valence-electron chi connectivity index (χ1n) is 7.00. The van der Waals surface area contributed by atoms with Gasteiger partial charge in [-0.3, -0.25) is 0 Å². The van der Waals surface area contributed by atoms with Crippen LogP contribution in [0, 0.1) is 0 Å². The van der Waals surface area contributed by atoms with Gasteiger partial charge in [-0.2, -0.15) is 0 Å². The van der Waals surface area contributed by atoms with Gasteiger partial charge in [-0.25, -0.2) is 9.97 Å². The zero-order valence-electron chi connectivity index (χ0n) is 11.7. The van der Waals surface area contributed by atoms with Crippen molar-refractivity contribution in [1.82, 2.24) is 9.97 Å².